The van der Waals surface area contributed by atoms with E-state index in [1.807, 2.05) is 18.2 Å². The summed E-state index contributed by atoms with van der Waals surface area (Å²) in [5, 5.41) is 0.928. The van der Waals surface area contributed by atoms with Crippen molar-refractivity contribution in [2.45, 2.75) is 6.54 Å². The van der Waals surface area contributed by atoms with Crippen LogP contribution in [0, 0.1) is 0 Å². The number of nitrogens with zero attached hydrogens (tertiary/aromatic N) is 2. The van der Waals surface area contributed by atoms with Gasteiger partial charge in [0.25, 0.3) is 5.58 Å². The first-order valence-electron chi connectivity index (χ1n) is 6.19. The topological polar surface area (TPSA) is 43.0 Å². The molecule has 19 heavy (non-hydrogen) atoms. The summed E-state index contributed by atoms with van der Waals surface area (Å²) in [4.78, 5) is 4.13. The van der Waals surface area contributed by atoms with Crippen LogP contribution in [-0.2, 0) is 6.54 Å². The van der Waals surface area contributed by atoms with E-state index in [0.29, 0.717) is 0 Å². The van der Waals surface area contributed by atoms with Gasteiger partial charge in [-0.25, -0.2) is 0 Å². The molecule has 0 radical (unpaired) electrons. The van der Waals surface area contributed by atoms with Crippen LogP contribution in [0.2, 0.25) is 0 Å². The minimum absolute atomic E-state index is 0.785. The Kier molecular flexibility index (Phi) is 1.49. The summed E-state index contributed by atoms with van der Waals surface area (Å²) in [7, 11) is 0. The zero-order chi connectivity index (χ0) is 12.4. The summed E-state index contributed by atoms with van der Waals surface area (Å²) in [6.07, 6.45) is 3.51. The van der Waals surface area contributed by atoms with Gasteiger partial charge in [-0.3, -0.25) is 4.98 Å². The van der Waals surface area contributed by atoms with Crippen LogP contribution in [0.3, 0.4) is 0 Å². The fraction of sp³-hybridized carbons (Fsp3) is 0.0667. The van der Waals surface area contributed by atoms with E-state index in [0.717, 1.165) is 40.3 Å². The molecular formula is C15H9N2O2+. The lowest BCUT2D eigenvalue weighted by molar-refractivity contribution is -0.655. The smallest absolute Gasteiger partial charge is 0.401 e. The summed E-state index contributed by atoms with van der Waals surface area (Å²) in [5.41, 5.74) is 4.80. The molecular weight excluding hydrogens is 240 g/mol. The van der Waals surface area contributed by atoms with Crippen LogP contribution in [0.15, 0.2) is 51.6 Å². The molecule has 5 rings (SSSR count). The second-order valence-electron chi connectivity index (χ2n) is 4.76. The van der Waals surface area contributed by atoms with Crippen LogP contribution in [0.5, 0.6) is 0 Å². The minimum Gasteiger partial charge on any atom is -0.401 e. The number of fused-ring (bicyclic) bond motifs is 7. The zero-order valence-electron chi connectivity index (χ0n) is 9.96. The van der Waals surface area contributed by atoms with E-state index in [1.165, 1.54) is 5.56 Å². The Bertz CT molecular complexity index is 949. The first-order valence-corrected chi connectivity index (χ1v) is 6.19. The van der Waals surface area contributed by atoms with E-state index >= 15 is 0 Å². The van der Waals surface area contributed by atoms with Crippen LogP contribution in [0.1, 0.15) is 5.56 Å². The Hall–Kier alpha value is -2.62. The number of furan rings is 1. The van der Waals surface area contributed by atoms with Gasteiger partial charge >= 0.3 is 11.6 Å². The Labute approximate surface area is 107 Å². The summed E-state index contributed by atoms with van der Waals surface area (Å²) < 4.78 is 14.0. The first-order chi connectivity index (χ1) is 9.42. The third kappa shape index (κ3) is 1.04. The van der Waals surface area contributed by atoms with Crippen molar-refractivity contribution in [2.75, 3.05) is 0 Å². The standard InChI is InChI=1S/C15H9N2O2/c1-2-4-10-9(3-1)8-17-14(10)19-13-11-7-16-6-5-12(11)18-15(13)17/h1-7H,8H2/q+1. The number of benzene rings is 1. The van der Waals surface area contributed by atoms with Crippen LogP contribution < -0.4 is 4.57 Å². The molecule has 1 aliphatic rings. The average Bonchev–Trinajstić information content (AvgIpc) is 3.07. The van der Waals surface area contributed by atoms with Crippen LogP contribution in [0.4, 0.5) is 0 Å². The van der Waals surface area contributed by atoms with Gasteiger partial charge in [-0.05, 0) is 6.07 Å². The molecule has 0 fully saturated rings. The van der Waals surface area contributed by atoms with Gasteiger partial charge in [0.1, 0.15) is 5.58 Å². The fourth-order valence-corrected chi connectivity index (χ4v) is 2.81. The molecule has 0 saturated heterocycles. The van der Waals surface area contributed by atoms with Gasteiger partial charge < -0.3 is 8.83 Å². The van der Waals surface area contributed by atoms with Crippen molar-refractivity contribution < 1.29 is 13.4 Å². The Morgan fingerprint density at radius 1 is 1.11 bits per heavy atom. The molecule has 90 valence electrons. The van der Waals surface area contributed by atoms with Gasteiger partial charge in [-0.2, -0.15) is 0 Å². The highest BCUT2D eigenvalue weighted by molar-refractivity contribution is 5.98. The maximum Gasteiger partial charge on any atom is 0.422 e. The molecule has 0 spiro atoms. The van der Waals surface area contributed by atoms with Crippen LogP contribution in [0.25, 0.3) is 33.7 Å². The molecule has 3 aromatic heterocycles. The van der Waals surface area contributed by atoms with E-state index < -0.39 is 0 Å². The summed E-state index contributed by atoms with van der Waals surface area (Å²) in [6, 6.07) is 10.1. The van der Waals surface area contributed by atoms with Crippen molar-refractivity contribution in [3.05, 3.63) is 48.3 Å². The molecule has 0 bridgehead atoms. The molecule has 4 heterocycles. The van der Waals surface area contributed by atoms with Crippen molar-refractivity contribution >= 4 is 22.3 Å². The van der Waals surface area contributed by atoms with Gasteiger partial charge in [0.2, 0.25) is 0 Å². The summed E-state index contributed by atoms with van der Waals surface area (Å²) in [6.45, 7) is 0.797. The molecule has 1 aliphatic heterocycles. The van der Waals surface area contributed by atoms with E-state index in [2.05, 4.69) is 21.7 Å². The molecule has 4 aromatic rings. The molecule has 0 aliphatic carbocycles. The lowest BCUT2D eigenvalue weighted by Gasteiger charge is -1.88. The lowest BCUT2D eigenvalue weighted by Crippen LogP contribution is -2.30. The van der Waals surface area contributed by atoms with E-state index in [4.69, 9.17) is 8.83 Å². The molecule has 0 saturated carbocycles. The van der Waals surface area contributed by atoms with Crippen LogP contribution >= 0.6 is 0 Å². The third-order valence-corrected chi connectivity index (χ3v) is 3.69. The summed E-state index contributed by atoms with van der Waals surface area (Å²) in [5.74, 6) is 0.870. The molecule has 0 atom stereocenters. The number of oxazole rings is 1. The Morgan fingerprint density at radius 3 is 3.05 bits per heavy atom. The number of pyridine rings is 1. The van der Waals surface area contributed by atoms with E-state index in [-0.39, 0.29) is 0 Å². The number of aromatic nitrogens is 2. The monoisotopic (exact) mass is 249 g/mol. The second-order valence-corrected chi connectivity index (χ2v) is 4.76. The largest absolute Gasteiger partial charge is 0.422 e. The number of rotatable bonds is 0. The first kappa shape index (κ1) is 9.33. The molecule has 0 unspecified atom stereocenters. The molecule has 4 nitrogen and oxygen atoms in total. The molecule has 1 aromatic carbocycles. The predicted molar refractivity (Wildman–Crippen MR) is 68.5 cm³/mol. The van der Waals surface area contributed by atoms with Crippen molar-refractivity contribution in [2.24, 2.45) is 0 Å². The highest BCUT2D eigenvalue weighted by Crippen LogP contribution is 2.35. The Balaban J connectivity index is 1.93. The van der Waals surface area contributed by atoms with Gasteiger partial charge in [-0.15, -0.1) is 4.57 Å². The van der Waals surface area contributed by atoms with Crippen molar-refractivity contribution in [3.63, 3.8) is 0 Å². The molecule has 0 N–H and O–H groups in total. The maximum absolute atomic E-state index is 6.02. The molecule has 4 heteroatoms. The fourth-order valence-electron chi connectivity index (χ4n) is 2.81. The minimum atomic E-state index is 0.785. The maximum atomic E-state index is 6.02. The number of hydrogen-bond acceptors (Lipinski definition) is 3. The predicted octanol–water partition coefficient (Wildman–Crippen LogP) is 2.89. The van der Waals surface area contributed by atoms with Crippen molar-refractivity contribution in [1.29, 1.82) is 0 Å². The lowest BCUT2D eigenvalue weighted by atomic mass is 10.1. The van der Waals surface area contributed by atoms with Crippen LogP contribution in [-0.4, -0.2) is 4.98 Å². The van der Waals surface area contributed by atoms with Gasteiger partial charge in [0.15, 0.2) is 6.54 Å². The van der Waals surface area contributed by atoms with Crippen molar-refractivity contribution in [3.8, 4) is 11.5 Å². The zero-order valence-corrected chi connectivity index (χ0v) is 9.96. The van der Waals surface area contributed by atoms with Gasteiger partial charge in [0.05, 0.1) is 10.9 Å². The SMILES string of the molecule is c1ccc2c(c1)C[n+]1c-2oc2c3cnccc3oc21. The second kappa shape index (κ2) is 3.03. The van der Waals surface area contributed by atoms with Gasteiger partial charge in [0, 0.05) is 24.0 Å². The highest BCUT2D eigenvalue weighted by Gasteiger charge is 2.36. The summed E-state index contributed by atoms with van der Waals surface area (Å²) >= 11 is 0. The van der Waals surface area contributed by atoms with Gasteiger partial charge in [-0.1, -0.05) is 18.2 Å². The molecule has 0 amide bonds. The number of hydrogen-bond donors (Lipinski definition) is 0. The average molecular weight is 249 g/mol. The van der Waals surface area contributed by atoms with Crippen molar-refractivity contribution in [1.82, 2.24) is 4.98 Å². The highest BCUT2D eigenvalue weighted by atomic mass is 16.4. The Morgan fingerprint density at radius 2 is 2.05 bits per heavy atom. The normalized spacial score (nSPS) is 13.1. The third-order valence-electron chi connectivity index (χ3n) is 3.69. The quantitative estimate of drug-likeness (QED) is 0.396. The van der Waals surface area contributed by atoms with E-state index in [1.54, 1.807) is 12.4 Å². The van der Waals surface area contributed by atoms with E-state index in [9.17, 15) is 0 Å².